The molecule has 3 aromatic carbocycles. The van der Waals surface area contributed by atoms with E-state index < -0.39 is 5.97 Å². The molecule has 1 saturated heterocycles. The van der Waals surface area contributed by atoms with E-state index in [0.717, 1.165) is 90.3 Å². The van der Waals surface area contributed by atoms with Gasteiger partial charge in [0.05, 0.1) is 11.8 Å². The van der Waals surface area contributed by atoms with Crippen LogP contribution < -0.4 is 29.5 Å². The number of nitrogens with zero attached hydrogens (tertiary/aromatic N) is 3. The monoisotopic (exact) mass is 592 g/mol. The summed E-state index contributed by atoms with van der Waals surface area (Å²) in [6, 6.07) is 16.9. The van der Waals surface area contributed by atoms with Crippen LogP contribution >= 0.6 is 0 Å². The number of ether oxygens (including phenoxy) is 2. The fourth-order valence-electron chi connectivity index (χ4n) is 6.90. The van der Waals surface area contributed by atoms with Crippen molar-refractivity contribution < 1.29 is 23.9 Å². The molecule has 0 radical (unpaired) electrons. The summed E-state index contributed by atoms with van der Waals surface area (Å²) in [5.41, 5.74) is 7.76. The summed E-state index contributed by atoms with van der Waals surface area (Å²) in [7, 11) is 0. The number of hydroxylamine groups is 2. The Labute approximate surface area is 257 Å². The quantitative estimate of drug-likeness (QED) is 0.299. The van der Waals surface area contributed by atoms with Gasteiger partial charge in [-0.15, -0.1) is 5.06 Å². The lowest BCUT2D eigenvalue weighted by Crippen LogP contribution is -2.39. The van der Waals surface area contributed by atoms with Crippen molar-refractivity contribution in [3.05, 3.63) is 93.6 Å². The molecule has 4 aliphatic heterocycles. The van der Waals surface area contributed by atoms with Crippen LogP contribution in [-0.4, -0.2) is 49.7 Å². The summed E-state index contributed by atoms with van der Waals surface area (Å²) in [6.07, 6.45) is 5.17. The van der Waals surface area contributed by atoms with Gasteiger partial charge in [0.1, 0.15) is 30.3 Å². The summed E-state index contributed by atoms with van der Waals surface area (Å²) in [5, 5.41) is 3.34. The number of hydrogen-bond donors (Lipinski definition) is 0. The molecule has 1 amide bonds. The molecule has 3 aromatic rings. The molecule has 7 rings (SSSR count). The van der Waals surface area contributed by atoms with E-state index in [1.807, 2.05) is 24.3 Å². The van der Waals surface area contributed by atoms with Gasteiger partial charge in [-0.2, -0.15) is 0 Å². The molecule has 4 heterocycles. The molecule has 1 fully saturated rings. The van der Waals surface area contributed by atoms with Gasteiger partial charge in [0.15, 0.2) is 6.61 Å². The first-order chi connectivity index (χ1) is 21.4. The van der Waals surface area contributed by atoms with Gasteiger partial charge in [-0.25, -0.2) is 9.37 Å². The number of anilines is 1. The highest BCUT2D eigenvalue weighted by Gasteiger charge is 2.29. The first kappa shape index (κ1) is 28.2. The van der Waals surface area contributed by atoms with E-state index in [0.29, 0.717) is 24.3 Å². The fraction of sp³-hybridized carbons (Fsp3) is 0.361. The largest absolute Gasteiger partial charge is 0.482 e. The molecule has 0 unspecified atom stereocenters. The summed E-state index contributed by atoms with van der Waals surface area (Å²) in [6.45, 7) is 11.9. The topological polar surface area (TPSA) is 71.3 Å². The van der Waals surface area contributed by atoms with Crippen molar-refractivity contribution in [2.24, 2.45) is 0 Å². The Bertz CT molecular complexity index is 1790. The van der Waals surface area contributed by atoms with Crippen LogP contribution in [0, 0.1) is 0 Å². The van der Waals surface area contributed by atoms with E-state index >= 15 is 0 Å². The SMILES string of the molecule is C=C1CCC(=O)N1OC(=O)COc1ccc(C2=c3cc4c(cc3Oc3cc5c(cc32)CCCN5CC)=[N+](CC)CCC4)cc1. The molecule has 8 heteroatoms. The Morgan fingerprint density at radius 2 is 1.80 bits per heavy atom. The molecule has 0 aromatic heterocycles. The molecule has 4 aliphatic rings. The van der Waals surface area contributed by atoms with Gasteiger partial charge in [0.2, 0.25) is 5.36 Å². The Kier molecular flexibility index (Phi) is 7.36. The zero-order valence-corrected chi connectivity index (χ0v) is 25.5. The number of hydrogen-bond acceptors (Lipinski definition) is 6. The Hall–Kier alpha value is -4.59. The van der Waals surface area contributed by atoms with Crippen LogP contribution in [0.15, 0.2) is 60.8 Å². The number of aryl methyl sites for hydroxylation is 2. The molecule has 226 valence electrons. The highest BCUT2D eigenvalue weighted by atomic mass is 16.7. The van der Waals surface area contributed by atoms with E-state index in [4.69, 9.17) is 14.3 Å². The highest BCUT2D eigenvalue weighted by Crippen LogP contribution is 2.42. The summed E-state index contributed by atoms with van der Waals surface area (Å²) >= 11 is 0. The molecule has 0 N–H and O–H groups in total. The van der Waals surface area contributed by atoms with Crippen molar-refractivity contribution in [3.8, 4) is 17.2 Å². The van der Waals surface area contributed by atoms with Gasteiger partial charge in [-0.05, 0) is 74.9 Å². The lowest BCUT2D eigenvalue weighted by atomic mass is 9.88. The van der Waals surface area contributed by atoms with Crippen molar-refractivity contribution in [1.29, 1.82) is 0 Å². The van der Waals surface area contributed by atoms with Crippen LogP contribution in [0.25, 0.3) is 5.57 Å². The van der Waals surface area contributed by atoms with Crippen LogP contribution in [0.5, 0.6) is 17.2 Å². The molecule has 0 bridgehead atoms. The molecule has 44 heavy (non-hydrogen) atoms. The second-order valence-electron chi connectivity index (χ2n) is 11.8. The molecular weight excluding hydrogens is 554 g/mol. The third-order valence-corrected chi connectivity index (χ3v) is 9.15. The van der Waals surface area contributed by atoms with Crippen LogP contribution in [0.1, 0.15) is 61.8 Å². The molecule has 0 atom stereocenters. The van der Waals surface area contributed by atoms with Crippen LogP contribution in [0.2, 0.25) is 0 Å². The second kappa shape index (κ2) is 11.5. The van der Waals surface area contributed by atoms with Crippen LogP contribution in [-0.2, 0) is 27.3 Å². The van der Waals surface area contributed by atoms with Crippen molar-refractivity contribution in [3.63, 3.8) is 0 Å². The second-order valence-corrected chi connectivity index (χ2v) is 11.8. The van der Waals surface area contributed by atoms with Crippen molar-refractivity contribution >= 4 is 23.1 Å². The average Bonchev–Trinajstić information content (AvgIpc) is 3.36. The number of rotatable bonds is 7. The van der Waals surface area contributed by atoms with E-state index in [1.165, 1.54) is 22.2 Å². The standard InChI is InChI=1S/C36H38N3O5/c1-4-37-16-6-8-25-18-28-32(20-30(25)37)43-33-21-31-26(9-7-17-38(31)5-2)19-29(33)36(28)24-11-13-27(14-12-24)42-22-35(41)44-39-23(3)10-15-34(39)40/h11-14,18-21H,3-10,15-17,22H2,1-2H3/q+1. The number of carbonyl (C=O) groups is 2. The van der Waals surface area contributed by atoms with E-state index in [1.54, 1.807) is 0 Å². The normalized spacial score (nSPS) is 17.0. The van der Waals surface area contributed by atoms with Crippen molar-refractivity contribution in [1.82, 2.24) is 9.64 Å². The number of amides is 1. The van der Waals surface area contributed by atoms with Gasteiger partial charge in [0.25, 0.3) is 5.91 Å². The first-order valence-electron chi connectivity index (χ1n) is 15.8. The summed E-state index contributed by atoms with van der Waals surface area (Å²) in [5.74, 6) is 1.38. The predicted octanol–water partition coefficient (Wildman–Crippen LogP) is 4.24. The molecule has 0 saturated carbocycles. The zero-order valence-electron chi connectivity index (χ0n) is 25.5. The summed E-state index contributed by atoms with van der Waals surface area (Å²) in [4.78, 5) is 31.9. The first-order valence-corrected chi connectivity index (χ1v) is 15.8. The van der Waals surface area contributed by atoms with Crippen molar-refractivity contribution in [2.75, 3.05) is 37.7 Å². The average molecular weight is 593 g/mol. The summed E-state index contributed by atoms with van der Waals surface area (Å²) < 4.78 is 14.9. The number of carbonyl (C=O) groups excluding carboxylic acids is 2. The molecule has 0 aliphatic carbocycles. The van der Waals surface area contributed by atoms with Gasteiger partial charge in [0, 0.05) is 59.6 Å². The van der Waals surface area contributed by atoms with Gasteiger partial charge in [-0.3, -0.25) is 4.79 Å². The number of allylic oxidation sites excluding steroid dienone is 1. The Morgan fingerprint density at radius 3 is 2.55 bits per heavy atom. The number of benzene rings is 3. The minimum absolute atomic E-state index is 0.269. The van der Waals surface area contributed by atoms with Crippen molar-refractivity contribution in [2.45, 2.75) is 52.4 Å². The fourth-order valence-corrected chi connectivity index (χ4v) is 6.90. The molecular formula is C36H38N3O5+. The minimum atomic E-state index is -0.649. The smallest absolute Gasteiger partial charge is 0.370 e. The maximum absolute atomic E-state index is 12.4. The third kappa shape index (κ3) is 5.02. The Balaban J connectivity index is 1.26. The lowest BCUT2D eigenvalue weighted by Gasteiger charge is -2.32. The molecule has 0 spiro atoms. The van der Waals surface area contributed by atoms with E-state index in [9.17, 15) is 9.59 Å². The maximum Gasteiger partial charge on any atom is 0.370 e. The molecule has 8 nitrogen and oxygen atoms in total. The van der Waals surface area contributed by atoms with Crippen LogP contribution in [0.3, 0.4) is 0 Å². The van der Waals surface area contributed by atoms with E-state index in [2.05, 4.69) is 54.2 Å². The van der Waals surface area contributed by atoms with Crippen LogP contribution in [0.4, 0.5) is 5.69 Å². The highest BCUT2D eigenvalue weighted by molar-refractivity contribution is 5.87. The van der Waals surface area contributed by atoms with Gasteiger partial charge >= 0.3 is 5.97 Å². The Morgan fingerprint density at radius 1 is 0.977 bits per heavy atom. The van der Waals surface area contributed by atoms with E-state index in [-0.39, 0.29) is 12.5 Å². The lowest BCUT2D eigenvalue weighted by molar-refractivity contribution is -0.188. The van der Waals surface area contributed by atoms with Gasteiger partial charge < -0.3 is 19.2 Å². The maximum atomic E-state index is 12.4. The van der Waals surface area contributed by atoms with Gasteiger partial charge in [-0.1, -0.05) is 18.7 Å². The minimum Gasteiger partial charge on any atom is -0.482 e. The number of fused-ring (bicyclic) bond motifs is 4. The third-order valence-electron chi connectivity index (χ3n) is 9.15. The zero-order chi connectivity index (χ0) is 30.4. The predicted molar refractivity (Wildman–Crippen MR) is 168 cm³/mol.